The van der Waals surface area contributed by atoms with Crippen LogP contribution in [0.2, 0.25) is 0 Å². The first-order valence-electron chi connectivity index (χ1n) is 8.45. The Hall–Kier alpha value is -1.17. The van der Waals surface area contributed by atoms with Gasteiger partial charge in [-0.25, -0.2) is 0 Å². The van der Waals surface area contributed by atoms with Crippen LogP contribution < -0.4 is 10.6 Å². The van der Waals surface area contributed by atoms with E-state index in [9.17, 15) is 0 Å². The van der Waals surface area contributed by atoms with Crippen LogP contribution in [0.5, 0.6) is 0 Å². The molecule has 0 aromatic heterocycles. The van der Waals surface area contributed by atoms with Gasteiger partial charge in [-0.3, -0.25) is 0 Å². The lowest BCUT2D eigenvalue weighted by Gasteiger charge is -2.21. The van der Waals surface area contributed by atoms with Gasteiger partial charge in [0.25, 0.3) is 0 Å². The van der Waals surface area contributed by atoms with Crippen molar-refractivity contribution in [2.75, 3.05) is 25.8 Å². The molecule has 0 N–H and O–H groups in total. The van der Waals surface area contributed by atoms with Crippen LogP contribution in [-0.4, -0.2) is 30.7 Å². The molecule has 0 spiro atoms. The summed E-state index contributed by atoms with van der Waals surface area (Å²) in [5.74, 6) is 0. The first-order chi connectivity index (χ1) is 10.8. The highest BCUT2D eigenvalue weighted by Crippen LogP contribution is 2.34. The van der Waals surface area contributed by atoms with E-state index in [-0.39, 0.29) is 7.92 Å². The largest absolute Gasteiger partial charge is 0.304 e. The molecule has 118 valence electrons. The predicted molar refractivity (Wildman–Crippen MR) is 101 cm³/mol. The Morgan fingerprint density at radius 1 is 0.727 bits per heavy atom. The molecule has 0 heterocycles. The molecule has 0 saturated heterocycles. The van der Waals surface area contributed by atoms with E-state index >= 15 is 0 Å². The van der Waals surface area contributed by atoms with Crippen LogP contribution in [0.1, 0.15) is 26.7 Å². The molecule has 0 fully saturated rings. The quantitative estimate of drug-likeness (QED) is 0.494. The molecular weight excluding hydrogens is 285 g/mol. The van der Waals surface area contributed by atoms with Crippen molar-refractivity contribution in [1.29, 1.82) is 0 Å². The molecule has 22 heavy (non-hydrogen) atoms. The van der Waals surface area contributed by atoms with Gasteiger partial charge in [0.2, 0.25) is 0 Å². The number of rotatable bonds is 9. The lowest BCUT2D eigenvalue weighted by Crippen LogP contribution is -2.24. The maximum absolute atomic E-state index is 2.52. The van der Waals surface area contributed by atoms with Gasteiger partial charge in [0.1, 0.15) is 0 Å². The molecule has 0 aliphatic heterocycles. The molecule has 0 atom stereocenters. The molecule has 2 aromatic rings. The van der Waals surface area contributed by atoms with Crippen molar-refractivity contribution in [1.82, 2.24) is 4.90 Å². The fourth-order valence-corrected chi connectivity index (χ4v) is 5.19. The van der Waals surface area contributed by atoms with Gasteiger partial charge in [-0.1, -0.05) is 74.5 Å². The summed E-state index contributed by atoms with van der Waals surface area (Å²) in [5, 5.41) is 3.01. The monoisotopic (exact) mass is 313 g/mol. The first kappa shape index (κ1) is 17.2. The molecule has 0 bridgehead atoms. The van der Waals surface area contributed by atoms with Crippen molar-refractivity contribution >= 4 is 18.5 Å². The molecule has 0 radical (unpaired) electrons. The highest BCUT2D eigenvalue weighted by molar-refractivity contribution is 7.73. The van der Waals surface area contributed by atoms with E-state index in [1.54, 1.807) is 0 Å². The zero-order valence-corrected chi connectivity index (χ0v) is 14.8. The summed E-state index contributed by atoms with van der Waals surface area (Å²) in [6.07, 6.45) is 3.91. The molecular formula is C20H28NP. The lowest BCUT2D eigenvalue weighted by atomic mass is 10.3. The molecule has 0 amide bonds. The van der Waals surface area contributed by atoms with Gasteiger partial charge in [0.15, 0.2) is 0 Å². The summed E-state index contributed by atoms with van der Waals surface area (Å²) in [7, 11) is -0.209. The van der Waals surface area contributed by atoms with Gasteiger partial charge >= 0.3 is 0 Å². The van der Waals surface area contributed by atoms with Crippen molar-refractivity contribution in [2.45, 2.75) is 26.7 Å². The Labute approximate surface area is 137 Å². The number of unbranched alkanes of at least 4 members (excludes halogenated alkanes) is 1. The Kier molecular flexibility index (Phi) is 7.63. The molecule has 0 unspecified atom stereocenters. The van der Waals surface area contributed by atoms with Crippen molar-refractivity contribution < 1.29 is 0 Å². The molecule has 2 heteroatoms. The van der Waals surface area contributed by atoms with E-state index in [1.165, 1.54) is 49.2 Å². The van der Waals surface area contributed by atoms with E-state index in [0.29, 0.717) is 0 Å². The highest BCUT2D eigenvalue weighted by atomic mass is 31.1. The second-order valence-corrected chi connectivity index (χ2v) is 7.89. The van der Waals surface area contributed by atoms with Crippen LogP contribution >= 0.6 is 7.92 Å². The molecule has 0 aliphatic carbocycles. The van der Waals surface area contributed by atoms with Gasteiger partial charge in [0.05, 0.1) is 0 Å². The number of nitrogens with zero attached hydrogens (tertiary/aromatic N) is 1. The summed E-state index contributed by atoms with van der Waals surface area (Å²) in [5.41, 5.74) is 0. The third-order valence-corrected chi connectivity index (χ3v) is 6.74. The predicted octanol–water partition coefficient (Wildman–Crippen LogP) is 4.24. The second-order valence-electron chi connectivity index (χ2n) is 5.56. The second kappa shape index (κ2) is 9.77. The Balaban J connectivity index is 1.98. The van der Waals surface area contributed by atoms with Gasteiger partial charge in [0, 0.05) is 0 Å². The number of hydrogen-bond acceptors (Lipinski definition) is 1. The minimum Gasteiger partial charge on any atom is -0.304 e. The van der Waals surface area contributed by atoms with Gasteiger partial charge in [-0.15, -0.1) is 0 Å². The lowest BCUT2D eigenvalue weighted by molar-refractivity contribution is 0.299. The van der Waals surface area contributed by atoms with E-state index in [1.807, 2.05) is 0 Å². The average molecular weight is 313 g/mol. The van der Waals surface area contributed by atoms with Crippen LogP contribution in [0.3, 0.4) is 0 Å². The van der Waals surface area contributed by atoms with Crippen LogP contribution in [0, 0.1) is 0 Å². The van der Waals surface area contributed by atoms with Gasteiger partial charge in [-0.2, -0.15) is 0 Å². The van der Waals surface area contributed by atoms with Crippen LogP contribution in [-0.2, 0) is 0 Å². The topological polar surface area (TPSA) is 3.24 Å². The van der Waals surface area contributed by atoms with E-state index in [2.05, 4.69) is 79.4 Å². The molecule has 1 nitrogen and oxygen atoms in total. The SMILES string of the molecule is CCN(CC)CCCCP(c1ccccc1)c1ccccc1. The smallest absolute Gasteiger partial charge is 0.00188 e. The number of benzene rings is 2. The van der Waals surface area contributed by atoms with Crippen LogP contribution in [0.25, 0.3) is 0 Å². The summed E-state index contributed by atoms with van der Waals surface area (Å²) < 4.78 is 0. The zero-order valence-electron chi connectivity index (χ0n) is 13.9. The average Bonchev–Trinajstić information content (AvgIpc) is 2.60. The van der Waals surface area contributed by atoms with E-state index < -0.39 is 0 Å². The molecule has 2 rings (SSSR count). The van der Waals surface area contributed by atoms with Gasteiger partial charge < -0.3 is 4.90 Å². The van der Waals surface area contributed by atoms with Crippen molar-refractivity contribution in [3.05, 3.63) is 60.7 Å². The summed E-state index contributed by atoms with van der Waals surface area (Å²) in [4.78, 5) is 2.52. The fraction of sp³-hybridized carbons (Fsp3) is 0.400. The van der Waals surface area contributed by atoms with Crippen molar-refractivity contribution in [2.24, 2.45) is 0 Å². The summed E-state index contributed by atoms with van der Waals surface area (Å²) in [6, 6.07) is 22.1. The minimum atomic E-state index is -0.209. The zero-order chi connectivity index (χ0) is 15.6. The van der Waals surface area contributed by atoms with Crippen molar-refractivity contribution in [3.63, 3.8) is 0 Å². The Morgan fingerprint density at radius 3 is 1.68 bits per heavy atom. The summed E-state index contributed by atoms with van der Waals surface area (Å²) in [6.45, 7) is 8.08. The maximum Gasteiger partial charge on any atom is -0.00188 e. The first-order valence-corrected chi connectivity index (χ1v) is 9.97. The maximum atomic E-state index is 2.52. The minimum absolute atomic E-state index is 0.209. The standard InChI is InChI=1S/C20H28NP/c1-3-21(4-2)17-11-12-18-22(19-13-7-5-8-14-19)20-15-9-6-10-16-20/h5-10,13-16H,3-4,11-12,17-18H2,1-2H3. The van der Waals surface area contributed by atoms with Crippen LogP contribution in [0.4, 0.5) is 0 Å². The van der Waals surface area contributed by atoms with E-state index in [0.717, 1.165) is 0 Å². The third kappa shape index (κ3) is 5.23. The van der Waals surface area contributed by atoms with E-state index in [4.69, 9.17) is 0 Å². The Bertz CT molecular complexity index is 468. The van der Waals surface area contributed by atoms with Crippen molar-refractivity contribution in [3.8, 4) is 0 Å². The van der Waals surface area contributed by atoms with Crippen LogP contribution in [0.15, 0.2) is 60.7 Å². The number of hydrogen-bond donors (Lipinski definition) is 0. The molecule has 0 aliphatic rings. The summed E-state index contributed by atoms with van der Waals surface area (Å²) >= 11 is 0. The molecule has 2 aromatic carbocycles. The Morgan fingerprint density at radius 2 is 1.23 bits per heavy atom. The molecule has 0 saturated carbocycles. The highest BCUT2D eigenvalue weighted by Gasteiger charge is 2.12. The fourth-order valence-electron chi connectivity index (χ4n) is 2.77. The normalized spacial score (nSPS) is 11.3. The van der Waals surface area contributed by atoms with Gasteiger partial charge in [-0.05, 0) is 57.2 Å². The third-order valence-electron chi connectivity index (χ3n) is 4.14.